The highest BCUT2D eigenvalue weighted by Gasteiger charge is 2.28. The van der Waals surface area contributed by atoms with E-state index in [-0.39, 0.29) is 10.1 Å². The molecule has 35 heavy (non-hydrogen) atoms. The molecule has 0 aliphatic heterocycles. The highest BCUT2D eigenvalue weighted by atomic mass is 32.2. The van der Waals surface area contributed by atoms with Crippen molar-refractivity contribution >= 4 is 27.1 Å². The minimum Gasteiger partial charge on any atom is -0.482 e. The van der Waals surface area contributed by atoms with Crippen molar-refractivity contribution in [3.05, 3.63) is 88.3 Å². The maximum absolute atomic E-state index is 13.5. The molecule has 0 unspecified atom stereocenters. The topological polar surface area (TPSA) is 93.6 Å². The molecule has 8 heteroatoms. The van der Waals surface area contributed by atoms with Crippen LogP contribution in [0.1, 0.15) is 21.6 Å². The molecule has 6 nitrogen and oxygen atoms in total. The van der Waals surface area contributed by atoms with Gasteiger partial charge in [-0.1, -0.05) is 66.2 Å². The van der Waals surface area contributed by atoms with Gasteiger partial charge in [-0.15, -0.1) is 11.3 Å². The Morgan fingerprint density at radius 2 is 1.80 bits per heavy atom. The number of nitrogens with zero attached hydrogens (tertiary/aromatic N) is 1. The van der Waals surface area contributed by atoms with Gasteiger partial charge in [-0.05, 0) is 42.5 Å². The Hall–Kier alpha value is -3.49. The van der Waals surface area contributed by atoms with Crippen molar-refractivity contribution in [3.63, 3.8) is 0 Å². The number of rotatable bonds is 7. The molecule has 1 aliphatic carbocycles. The van der Waals surface area contributed by atoms with Gasteiger partial charge in [0.25, 0.3) is 0 Å². The molecule has 178 valence electrons. The summed E-state index contributed by atoms with van der Waals surface area (Å²) >= 11 is 1.22. The molecule has 0 fully saturated rings. The van der Waals surface area contributed by atoms with Crippen molar-refractivity contribution < 1.29 is 23.1 Å². The predicted octanol–water partition coefficient (Wildman–Crippen LogP) is 5.32. The fourth-order valence-corrected chi connectivity index (χ4v) is 7.21. The van der Waals surface area contributed by atoms with Crippen LogP contribution in [0, 0.1) is 6.92 Å². The molecule has 4 aromatic rings. The first-order chi connectivity index (χ1) is 16.8. The number of aromatic nitrogens is 1. The van der Waals surface area contributed by atoms with Gasteiger partial charge < -0.3 is 9.84 Å². The fourth-order valence-electron chi connectivity index (χ4n) is 4.41. The first kappa shape index (κ1) is 23.3. The number of thiazole rings is 1. The Bertz CT molecular complexity index is 1540. The summed E-state index contributed by atoms with van der Waals surface area (Å²) in [7, 11) is -3.68. The van der Waals surface area contributed by atoms with Crippen LogP contribution in [0.3, 0.4) is 0 Å². The van der Waals surface area contributed by atoms with Gasteiger partial charge >= 0.3 is 5.97 Å². The van der Waals surface area contributed by atoms with Crippen molar-refractivity contribution in [2.75, 3.05) is 6.61 Å². The SMILES string of the molecule is Cc1cccc(-c2ccccc2CS(=O)(=O)c2nc3c(s2)CCc2c(OCC(=O)O)cccc2-3)c1. The summed E-state index contributed by atoms with van der Waals surface area (Å²) in [5.41, 5.74) is 6.02. The molecular formula is C27H23NO5S2. The van der Waals surface area contributed by atoms with Crippen molar-refractivity contribution in [3.8, 4) is 28.1 Å². The molecule has 0 bridgehead atoms. The van der Waals surface area contributed by atoms with Gasteiger partial charge in [0.05, 0.1) is 11.4 Å². The monoisotopic (exact) mass is 505 g/mol. The molecule has 1 aromatic heterocycles. The summed E-state index contributed by atoms with van der Waals surface area (Å²) < 4.78 is 32.5. The minimum atomic E-state index is -3.68. The van der Waals surface area contributed by atoms with Crippen LogP contribution in [0.25, 0.3) is 22.4 Å². The highest BCUT2D eigenvalue weighted by molar-refractivity contribution is 7.92. The van der Waals surface area contributed by atoms with Crippen molar-refractivity contribution in [2.45, 2.75) is 29.9 Å². The fraction of sp³-hybridized carbons (Fsp3) is 0.185. The number of benzene rings is 3. The number of ether oxygens (including phenoxy) is 1. The van der Waals surface area contributed by atoms with Crippen molar-refractivity contribution in [1.82, 2.24) is 4.98 Å². The molecule has 5 rings (SSSR count). The molecule has 0 amide bonds. The average molecular weight is 506 g/mol. The normalized spacial score (nSPS) is 12.6. The lowest BCUT2D eigenvalue weighted by atomic mass is 9.93. The molecule has 0 radical (unpaired) electrons. The van der Waals surface area contributed by atoms with Gasteiger partial charge in [-0.2, -0.15) is 0 Å². The zero-order valence-electron chi connectivity index (χ0n) is 19.0. The van der Waals surface area contributed by atoms with Gasteiger partial charge in [0.2, 0.25) is 14.2 Å². The Labute approximate surface area is 207 Å². The Balaban J connectivity index is 1.48. The minimum absolute atomic E-state index is 0.103. The molecular weight excluding hydrogens is 482 g/mol. The molecule has 1 N–H and O–H groups in total. The number of carbonyl (C=O) groups is 1. The summed E-state index contributed by atoms with van der Waals surface area (Å²) in [6, 6.07) is 21.0. The van der Waals surface area contributed by atoms with Crippen molar-refractivity contribution in [1.29, 1.82) is 0 Å². The lowest BCUT2D eigenvalue weighted by molar-refractivity contribution is -0.139. The second-order valence-corrected chi connectivity index (χ2v) is 11.7. The van der Waals surface area contributed by atoms with E-state index in [4.69, 9.17) is 9.84 Å². The number of aryl methyl sites for hydroxylation is 2. The van der Waals surface area contributed by atoms with Gasteiger partial charge in [-0.3, -0.25) is 0 Å². The first-order valence-electron chi connectivity index (χ1n) is 11.2. The van der Waals surface area contributed by atoms with Gasteiger partial charge in [0.1, 0.15) is 5.75 Å². The lowest BCUT2D eigenvalue weighted by Gasteiger charge is -2.18. The number of hydrogen-bond acceptors (Lipinski definition) is 6. The Morgan fingerprint density at radius 3 is 2.60 bits per heavy atom. The number of sulfone groups is 1. The van der Waals surface area contributed by atoms with Crippen molar-refractivity contribution in [2.24, 2.45) is 0 Å². The molecule has 0 spiro atoms. The summed E-state index contributed by atoms with van der Waals surface area (Å²) in [6.45, 7) is 1.58. The number of aliphatic carboxylic acids is 1. The smallest absolute Gasteiger partial charge is 0.341 e. The molecule has 0 atom stereocenters. The number of fused-ring (bicyclic) bond motifs is 3. The first-order valence-corrected chi connectivity index (χ1v) is 13.6. The van der Waals surface area contributed by atoms with Crippen LogP contribution < -0.4 is 4.74 Å². The van der Waals surface area contributed by atoms with Crippen LogP contribution in [0.4, 0.5) is 0 Å². The second-order valence-electron chi connectivity index (χ2n) is 8.50. The zero-order valence-corrected chi connectivity index (χ0v) is 20.7. The largest absolute Gasteiger partial charge is 0.482 e. The van der Waals surface area contributed by atoms with Gasteiger partial charge in [0, 0.05) is 16.0 Å². The van der Waals surface area contributed by atoms with E-state index in [1.807, 2.05) is 55.5 Å². The van der Waals surface area contributed by atoms with Crippen LogP contribution in [0.5, 0.6) is 5.75 Å². The summed E-state index contributed by atoms with van der Waals surface area (Å²) in [4.78, 5) is 16.4. The number of carboxylic acids is 1. The molecule has 1 aliphatic rings. The van der Waals surface area contributed by atoms with E-state index in [0.29, 0.717) is 24.3 Å². The van der Waals surface area contributed by atoms with E-state index in [1.54, 1.807) is 12.1 Å². The van der Waals surface area contributed by atoms with E-state index in [0.717, 1.165) is 38.3 Å². The van der Waals surface area contributed by atoms with Gasteiger partial charge in [0.15, 0.2) is 6.61 Å². The standard InChI is InChI=1S/C27H23NO5S2/c1-17-6-4-8-18(14-17)20-9-3-2-7-19(20)16-35(31,32)27-28-26-22-10-5-11-23(33-15-25(29)30)21(22)12-13-24(26)34-27/h2-11,14H,12-13,15-16H2,1H3,(H,29,30). The Kier molecular flexibility index (Phi) is 6.17. The molecule has 3 aromatic carbocycles. The van der Waals surface area contributed by atoms with E-state index in [1.165, 1.54) is 11.3 Å². The molecule has 0 saturated carbocycles. The zero-order chi connectivity index (χ0) is 24.6. The molecule has 1 heterocycles. The van der Waals surface area contributed by atoms with E-state index in [2.05, 4.69) is 11.1 Å². The second kappa shape index (κ2) is 9.28. The van der Waals surface area contributed by atoms with E-state index < -0.39 is 22.4 Å². The average Bonchev–Trinajstić information content (AvgIpc) is 3.29. The quantitative estimate of drug-likeness (QED) is 0.365. The third-order valence-corrected chi connectivity index (χ3v) is 9.21. The summed E-state index contributed by atoms with van der Waals surface area (Å²) in [5, 5.41) is 8.95. The van der Waals surface area contributed by atoms with Crippen LogP contribution in [0.2, 0.25) is 0 Å². The van der Waals surface area contributed by atoms with Crippen LogP contribution in [-0.2, 0) is 33.2 Å². The molecule has 0 saturated heterocycles. The summed E-state index contributed by atoms with van der Waals surface area (Å²) in [6.07, 6.45) is 1.26. The van der Waals surface area contributed by atoms with Crippen LogP contribution in [-0.4, -0.2) is 31.1 Å². The van der Waals surface area contributed by atoms with Gasteiger partial charge in [-0.25, -0.2) is 18.2 Å². The van der Waals surface area contributed by atoms with Crippen LogP contribution >= 0.6 is 11.3 Å². The third kappa shape index (κ3) is 4.72. The predicted molar refractivity (Wildman–Crippen MR) is 136 cm³/mol. The maximum atomic E-state index is 13.5. The Morgan fingerprint density at radius 1 is 1.03 bits per heavy atom. The van der Waals surface area contributed by atoms with E-state index >= 15 is 0 Å². The lowest BCUT2D eigenvalue weighted by Crippen LogP contribution is -2.12. The number of carboxylic acid groups (broad SMARTS) is 1. The number of hydrogen-bond donors (Lipinski definition) is 1. The highest BCUT2D eigenvalue weighted by Crippen LogP contribution is 2.41. The van der Waals surface area contributed by atoms with Crippen LogP contribution in [0.15, 0.2) is 71.1 Å². The maximum Gasteiger partial charge on any atom is 0.341 e. The van der Waals surface area contributed by atoms with E-state index in [9.17, 15) is 13.2 Å². The third-order valence-electron chi connectivity index (χ3n) is 5.98. The summed E-state index contributed by atoms with van der Waals surface area (Å²) in [5.74, 6) is -0.690.